The number of amides is 2. The Morgan fingerprint density at radius 3 is 2.52 bits per heavy atom. The monoisotopic (exact) mass is 340 g/mol. The molecule has 0 fully saturated rings. The number of aromatic nitrogens is 1. The summed E-state index contributed by atoms with van der Waals surface area (Å²) >= 11 is 0. The van der Waals surface area contributed by atoms with Crippen molar-refractivity contribution in [2.75, 3.05) is 17.6 Å². The van der Waals surface area contributed by atoms with Crippen LogP contribution in [-0.4, -0.2) is 23.3 Å². The first-order valence-electron chi connectivity index (χ1n) is 8.52. The van der Waals surface area contributed by atoms with Gasteiger partial charge in [-0.05, 0) is 30.7 Å². The molecular formula is C19H24N4O2. The third-order valence-corrected chi connectivity index (χ3v) is 3.78. The fourth-order valence-electron chi connectivity index (χ4n) is 2.32. The molecule has 6 heteroatoms. The maximum Gasteiger partial charge on any atom is 0.274 e. The van der Waals surface area contributed by atoms with Gasteiger partial charge in [0.1, 0.15) is 5.69 Å². The Kier molecular flexibility index (Phi) is 6.95. The largest absolute Gasteiger partial charge is 0.397 e. The maximum atomic E-state index is 12.2. The number of rotatable bonds is 8. The van der Waals surface area contributed by atoms with Crippen LogP contribution in [0, 0.1) is 0 Å². The first kappa shape index (κ1) is 18.4. The summed E-state index contributed by atoms with van der Waals surface area (Å²) in [5, 5.41) is 5.56. The molecule has 1 aromatic carbocycles. The van der Waals surface area contributed by atoms with E-state index in [9.17, 15) is 9.59 Å². The number of benzene rings is 1. The Bertz CT molecular complexity index is 714. The van der Waals surface area contributed by atoms with Crippen LogP contribution in [0.4, 0.5) is 11.4 Å². The standard InChI is InChI=1S/C19H24N4O2/c1-2-3-4-7-12-21-18(24)14-10-11-17(22-13-14)19(25)23-16-9-6-5-8-15(16)20/h5-6,8-11,13H,2-4,7,12,20H2,1H3,(H,21,24)(H,23,25). The van der Waals surface area contributed by atoms with Gasteiger partial charge in [-0.25, -0.2) is 0 Å². The average molecular weight is 340 g/mol. The van der Waals surface area contributed by atoms with Crippen molar-refractivity contribution in [3.8, 4) is 0 Å². The van der Waals surface area contributed by atoms with Gasteiger partial charge in [-0.1, -0.05) is 38.3 Å². The van der Waals surface area contributed by atoms with E-state index in [4.69, 9.17) is 5.73 Å². The molecule has 0 bridgehead atoms. The van der Waals surface area contributed by atoms with Gasteiger partial charge in [0.15, 0.2) is 0 Å². The molecule has 0 spiro atoms. The van der Waals surface area contributed by atoms with Gasteiger partial charge in [0, 0.05) is 12.7 Å². The molecule has 0 saturated carbocycles. The Hall–Kier alpha value is -2.89. The third kappa shape index (κ3) is 5.60. The van der Waals surface area contributed by atoms with Crippen molar-refractivity contribution in [3.63, 3.8) is 0 Å². The van der Waals surface area contributed by atoms with E-state index in [1.807, 2.05) is 0 Å². The van der Waals surface area contributed by atoms with Gasteiger partial charge in [-0.2, -0.15) is 0 Å². The fraction of sp³-hybridized carbons (Fsp3) is 0.316. The topological polar surface area (TPSA) is 97.1 Å². The Balaban J connectivity index is 1.89. The highest BCUT2D eigenvalue weighted by Crippen LogP contribution is 2.17. The normalized spacial score (nSPS) is 10.3. The molecule has 25 heavy (non-hydrogen) atoms. The molecule has 2 aromatic rings. The number of nitrogens with zero attached hydrogens (tertiary/aromatic N) is 1. The lowest BCUT2D eigenvalue weighted by Gasteiger charge is -2.08. The van der Waals surface area contributed by atoms with Gasteiger partial charge < -0.3 is 16.4 Å². The van der Waals surface area contributed by atoms with Crippen LogP contribution in [0.25, 0.3) is 0 Å². The van der Waals surface area contributed by atoms with Crippen LogP contribution in [0.1, 0.15) is 53.5 Å². The number of pyridine rings is 1. The number of carbonyl (C=O) groups is 2. The minimum atomic E-state index is -0.371. The maximum absolute atomic E-state index is 12.2. The number of nitrogens with one attached hydrogen (secondary N) is 2. The molecule has 0 aliphatic heterocycles. The molecule has 0 radical (unpaired) electrons. The van der Waals surface area contributed by atoms with Crippen LogP contribution >= 0.6 is 0 Å². The lowest BCUT2D eigenvalue weighted by molar-refractivity contribution is 0.0950. The van der Waals surface area contributed by atoms with Crippen LogP contribution in [0.2, 0.25) is 0 Å². The van der Waals surface area contributed by atoms with Crippen molar-refractivity contribution in [1.29, 1.82) is 0 Å². The van der Waals surface area contributed by atoms with Gasteiger partial charge in [-0.3, -0.25) is 14.6 Å². The number of nitrogen functional groups attached to an aromatic ring is 1. The molecule has 1 aromatic heterocycles. The van der Waals surface area contributed by atoms with E-state index in [1.54, 1.807) is 30.3 Å². The van der Waals surface area contributed by atoms with Gasteiger partial charge in [0.25, 0.3) is 11.8 Å². The molecule has 2 amide bonds. The van der Waals surface area contributed by atoms with Crippen LogP contribution in [0.3, 0.4) is 0 Å². The quantitative estimate of drug-likeness (QED) is 0.508. The minimum absolute atomic E-state index is 0.178. The van der Waals surface area contributed by atoms with E-state index in [1.165, 1.54) is 18.7 Å². The summed E-state index contributed by atoms with van der Waals surface area (Å²) < 4.78 is 0. The van der Waals surface area contributed by atoms with Gasteiger partial charge in [-0.15, -0.1) is 0 Å². The second-order valence-electron chi connectivity index (χ2n) is 5.79. The number of hydrogen-bond acceptors (Lipinski definition) is 4. The zero-order valence-electron chi connectivity index (χ0n) is 14.4. The second kappa shape index (κ2) is 9.42. The summed E-state index contributed by atoms with van der Waals surface area (Å²) in [4.78, 5) is 28.3. The van der Waals surface area contributed by atoms with E-state index >= 15 is 0 Å². The molecule has 0 saturated heterocycles. The summed E-state index contributed by atoms with van der Waals surface area (Å²) in [7, 11) is 0. The number of anilines is 2. The summed E-state index contributed by atoms with van der Waals surface area (Å²) in [6.07, 6.45) is 5.82. The summed E-state index contributed by atoms with van der Waals surface area (Å²) in [5.74, 6) is -0.548. The Labute approximate surface area is 147 Å². The lowest BCUT2D eigenvalue weighted by atomic mass is 10.2. The van der Waals surface area contributed by atoms with Crippen molar-refractivity contribution in [3.05, 3.63) is 53.9 Å². The lowest BCUT2D eigenvalue weighted by Crippen LogP contribution is -2.25. The molecule has 2 rings (SSSR count). The van der Waals surface area contributed by atoms with E-state index in [0.717, 1.165) is 19.3 Å². The first-order valence-corrected chi connectivity index (χ1v) is 8.52. The Morgan fingerprint density at radius 1 is 1.04 bits per heavy atom. The Morgan fingerprint density at radius 2 is 1.84 bits per heavy atom. The van der Waals surface area contributed by atoms with Gasteiger partial charge in [0.2, 0.25) is 0 Å². The van der Waals surface area contributed by atoms with E-state index < -0.39 is 0 Å². The van der Waals surface area contributed by atoms with E-state index in [-0.39, 0.29) is 17.5 Å². The zero-order valence-corrected chi connectivity index (χ0v) is 14.4. The van der Waals surface area contributed by atoms with Crippen molar-refractivity contribution in [2.24, 2.45) is 0 Å². The van der Waals surface area contributed by atoms with Gasteiger partial charge in [0.05, 0.1) is 16.9 Å². The van der Waals surface area contributed by atoms with Crippen LogP contribution in [0.5, 0.6) is 0 Å². The molecule has 0 unspecified atom stereocenters. The van der Waals surface area contributed by atoms with Crippen LogP contribution in [0.15, 0.2) is 42.6 Å². The SMILES string of the molecule is CCCCCCNC(=O)c1ccc(C(=O)Nc2ccccc2N)nc1. The van der Waals surface area contributed by atoms with Crippen LogP contribution < -0.4 is 16.4 Å². The highest BCUT2D eigenvalue weighted by Gasteiger charge is 2.11. The first-order chi connectivity index (χ1) is 12.1. The number of nitrogens with two attached hydrogens (primary N) is 1. The van der Waals surface area contributed by atoms with Crippen LogP contribution in [-0.2, 0) is 0 Å². The van der Waals surface area contributed by atoms with E-state index in [2.05, 4.69) is 22.5 Å². The highest BCUT2D eigenvalue weighted by molar-refractivity contribution is 6.04. The number of hydrogen-bond donors (Lipinski definition) is 3. The van der Waals surface area contributed by atoms with Gasteiger partial charge >= 0.3 is 0 Å². The number of para-hydroxylation sites is 2. The predicted octanol–water partition coefficient (Wildman–Crippen LogP) is 3.23. The smallest absolute Gasteiger partial charge is 0.274 e. The molecule has 0 atom stereocenters. The fourth-order valence-corrected chi connectivity index (χ4v) is 2.32. The van der Waals surface area contributed by atoms with E-state index in [0.29, 0.717) is 23.5 Å². The molecular weight excluding hydrogens is 316 g/mol. The summed E-state index contributed by atoms with van der Waals surface area (Å²) in [6, 6.07) is 10.1. The second-order valence-corrected chi connectivity index (χ2v) is 5.79. The number of carbonyl (C=O) groups excluding carboxylic acids is 2. The highest BCUT2D eigenvalue weighted by atomic mass is 16.2. The number of unbranched alkanes of at least 4 members (excludes halogenated alkanes) is 3. The molecule has 132 valence electrons. The molecule has 6 nitrogen and oxygen atoms in total. The molecule has 0 aliphatic rings. The summed E-state index contributed by atoms with van der Waals surface area (Å²) in [5.41, 5.74) is 7.47. The minimum Gasteiger partial charge on any atom is -0.397 e. The third-order valence-electron chi connectivity index (χ3n) is 3.78. The zero-order chi connectivity index (χ0) is 18.1. The molecule has 0 aliphatic carbocycles. The molecule has 4 N–H and O–H groups in total. The van der Waals surface area contributed by atoms with Crippen molar-refractivity contribution >= 4 is 23.2 Å². The van der Waals surface area contributed by atoms with Crippen molar-refractivity contribution in [2.45, 2.75) is 32.6 Å². The van der Waals surface area contributed by atoms with Crippen molar-refractivity contribution in [1.82, 2.24) is 10.3 Å². The predicted molar refractivity (Wildman–Crippen MR) is 99.5 cm³/mol. The molecule has 1 heterocycles. The average Bonchev–Trinajstić information content (AvgIpc) is 2.63. The summed E-state index contributed by atoms with van der Waals surface area (Å²) in [6.45, 7) is 2.79. The van der Waals surface area contributed by atoms with Crippen molar-refractivity contribution < 1.29 is 9.59 Å².